The fraction of sp³-hybridized carbons (Fsp3) is 0.267. The van der Waals surface area contributed by atoms with Crippen LogP contribution in [0.25, 0.3) is 11.2 Å². The number of halogens is 3. The number of nitrogens with zero attached hydrogens (tertiary/aromatic N) is 3. The van der Waals surface area contributed by atoms with Gasteiger partial charge < -0.3 is 19.8 Å². The van der Waals surface area contributed by atoms with Gasteiger partial charge in [-0.2, -0.15) is 9.97 Å². The molecule has 0 radical (unpaired) electrons. The van der Waals surface area contributed by atoms with Crippen LogP contribution in [-0.4, -0.2) is 39.3 Å². The van der Waals surface area contributed by atoms with Crippen LogP contribution in [0, 0.1) is 0 Å². The highest BCUT2D eigenvalue weighted by atomic mass is 79.9. The van der Waals surface area contributed by atoms with Gasteiger partial charge in [0.1, 0.15) is 6.10 Å². The standard InChI is InChI=1S/C15H12BrCl2N5O2/c16-8-3-11-13(22-14(8)25-7-1-2-24-6-7)23-15(20-11)21-12-9(17)4-19-5-10(12)18/h3-5,7H,1-2,6H2,(H2,19,20,21,22,23). The van der Waals surface area contributed by atoms with E-state index in [0.717, 1.165) is 16.4 Å². The molecule has 1 fully saturated rings. The molecule has 130 valence electrons. The minimum Gasteiger partial charge on any atom is -0.471 e. The summed E-state index contributed by atoms with van der Waals surface area (Å²) in [5.41, 5.74) is 1.78. The lowest BCUT2D eigenvalue weighted by Gasteiger charge is -2.11. The van der Waals surface area contributed by atoms with Crippen LogP contribution in [-0.2, 0) is 4.74 Å². The second-order valence-corrected chi connectivity index (χ2v) is 7.11. The molecule has 0 spiro atoms. The molecule has 4 rings (SSSR count). The van der Waals surface area contributed by atoms with E-state index in [9.17, 15) is 0 Å². The third-order valence-electron chi connectivity index (χ3n) is 3.66. The summed E-state index contributed by atoms with van der Waals surface area (Å²) >= 11 is 15.7. The quantitative estimate of drug-likeness (QED) is 0.622. The number of ether oxygens (including phenoxy) is 2. The van der Waals surface area contributed by atoms with E-state index in [1.165, 1.54) is 12.4 Å². The first kappa shape index (κ1) is 16.8. The molecular weight excluding hydrogens is 433 g/mol. The van der Waals surface area contributed by atoms with Gasteiger partial charge in [0.05, 0.1) is 38.9 Å². The number of rotatable bonds is 4. The molecule has 25 heavy (non-hydrogen) atoms. The van der Waals surface area contributed by atoms with Crippen molar-refractivity contribution in [2.45, 2.75) is 12.5 Å². The summed E-state index contributed by atoms with van der Waals surface area (Å²) < 4.78 is 11.9. The van der Waals surface area contributed by atoms with Crippen LogP contribution < -0.4 is 10.1 Å². The highest BCUT2D eigenvalue weighted by Crippen LogP contribution is 2.32. The van der Waals surface area contributed by atoms with Gasteiger partial charge in [-0.15, -0.1) is 0 Å². The molecule has 2 N–H and O–H groups in total. The van der Waals surface area contributed by atoms with Crippen molar-refractivity contribution >= 4 is 61.9 Å². The SMILES string of the molecule is Clc1cncc(Cl)c1Nc1nc2nc(OC3CCOC3)c(Br)cc2[nH]1. The Morgan fingerprint density at radius 2 is 2.08 bits per heavy atom. The zero-order chi connectivity index (χ0) is 17.4. The summed E-state index contributed by atoms with van der Waals surface area (Å²) in [6.07, 6.45) is 3.86. The molecule has 10 heteroatoms. The Morgan fingerprint density at radius 3 is 2.80 bits per heavy atom. The van der Waals surface area contributed by atoms with Crippen LogP contribution in [0.4, 0.5) is 11.6 Å². The Hall–Kier alpha value is -1.61. The van der Waals surface area contributed by atoms with Crippen LogP contribution in [0.3, 0.4) is 0 Å². The first-order chi connectivity index (χ1) is 12.1. The van der Waals surface area contributed by atoms with Gasteiger partial charge in [-0.05, 0) is 22.0 Å². The predicted molar refractivity (Wildman–Crippen MR) is 99.0 cm³/mol. The van der Waals surface area contributed by atoms with Crippen molar-refractivity contribution in [2.24, 2.45) is 0 Å². The number of imidazole rings is 1. The van der Waals surface area contributed by atoms with Gasteiger partial charge in [0.15, 0.2) is 5.65 Å². The van der Waals surface area contributed by atoms with Crippen molar-refractivity contribution in [3.8, 4) is 5.88 Å². The summed E-state index contributed by atoms with van der Waals surface area (Å²) in [6.45, 7) is 1.27. The fourth-order valence-electron chi connectivity index (χ4n) is 2.46. The first-order valence-electron chi connectivity index (χ1n) is 7.47. The van der Waals surface area contributed by atoms with Crippen LogP contribution in [0.5, 0.6) is 5.88 Å². The van der Waals surface area contributed by atoms with Gasteiger partial charge in [-0.3, -0.25) is 4.98 Å². The third kappa shape index (κ3) is 3.52. The van der Waals surface area contributed by atoms with E-state index in [1.54, 1.807) is 0 Å². The van der Waals surface area contributed by atoms with E-state index in [4.69, 9.17) is 32.7 Å². The number of H-pyrrole nitrogens is 1. The normalized spacial score (nSPS) is 17.2. The largest absolute Gasteiger partial charge is 0.471 e. The summed E-state index contributed by atoms with van der Waals surface area (Å²) in [7, 11) is 0. The summed E-state index contributed by atoms with van der Waals surface area (Å²) in [5, 5.41) is 3.85. The monoisotopic (exact) mass is 443 g/mol. The molecule has 0 bridgehead atoms. The molecule has 0 amide bonds. The number of anilines is 2. The zero-order valence-electron chi connectivity index (χ0n) is 12.7. The van der Waals surface area contributed by atoms with Gasteiger partial charge in [-0.1, -0.05) is 23.2 Å². The van der Waals surface area contributed by atoms with Crippen LogP contribution in [0.1, 0.15) is 6.42 Å². The minimum absolute atomic E-state index is 0.00668. The van der Waals surface area contributed by atoms with Crippen LogP contribution >= 0.6 is 39.1 Å². The third-order valence-corrected chi connectivity index (χ3v) is 4.80. The molecule has 1 unspecified atom stereocenters. The highest BCUT2D eigenvalue weighted by Gasteiger charge is 2.20. The smallest absolute Gasteiger partial charge is 0.230 e. The number of nitrogens with one attached hydrogen (secondary N) is 2. The zero-order valence-corrected chi connectivity index (χ0v) is 15.8. The average molecular weight is 445 g/mol. The van der Waals surface area contributed by atoms with Crippen LogP contribution in [0.15, 0.2) is 22.9 Å². The van der Waals surface area contributed by atoms with Gasteiger partial charge in [-0.25, -0.2) is 0 Å². The Bertz CT molecular complexity index is 909. The van der Waals surface area contributed by atoms with E-state index in [1.807, 2.05) is 6.07 Å². The lowest BCUT2D eigenvalue weighted by molar-refractivity contribution is 0.137. The topological polar surface area (TPSA) is 85.0 Å². The molecule has 0 saturated carbocycles. The lowest BCUT2D eigenvalue weighted by atomic mass is 10.3. The molecule has 0 aromatic carbocycles. The van der Waals surface area contributed by atoms with Crippen LogP contribution in [0.2, 0.25) is 10.0 Å². The minimum atomic E-state index is 0.00668. The molecule has 1 saturated heterocycles. The van der Waals surface area contributed by atoms with Crippen molar-refractivity contribution in [1.82, 2.24) is 19.9 Å². The Balaban J connectivity index is 1.63. The Morgan fingerprint density at radius 1 is 1.28 bits per heavy atom. The molecule has 3 aromatic rings. The molecule has 1 aliphatic rings. The molecule has 4 heterocycles. The molecular formula is C15H12BrCl2N5O2. The van der Waals surface area contributed by atoms with Crippen molar-refractivity contribution in [3.05, 3.63) is 33.0 Å². The average Bonchev–Trinajstić information content (AvgIpc) is 3.21. The molecule has 3 aromatic heterocycles. The Kier molecular flexibility index (Phi) is 4.68. The van der Waals surface area contributed by atoms with E-state index in [0.29, 0.717) is 46.4 Å². The van der Waals surface area contributed by atoms with E-state index >= 15 is 0 Å². The summed E-state index contributed by atoms with van der Waals surface area (Å²) in [6, 6.07) is 1.86. The number of aromatic amines is 1. The molecule has 1 atom stereocenters. The second-order valence-electron chi connectivity index (χ2n) is 5.44. The molecule has 0 aliphatic carbocycles. The number of hydrogen-bond acceptors (Lipinski definition) is 6. The summed E-state index contributed by atoms with van der Waals surface area (Å²) in [5.74, 6) is 0.951. The number of hydrogen-bond donors (Lipinski definition) is 2. The lowest BCUT2D eigenvalue weighted by Crippen LogP contribution is -2.16. The Labute approximate surface area is 161 Å². The van der Waals surface area contributed by atoms with E-state index in [-0.39, 0.29) is 6.10 Å². The number of aromatic nitrogens is 4. The van der Waals surface area contributed by atoms with Crippen molar-refractivity contribution in [1.29, 1.82) is 0 Å². The number of fused-ring (bicyclic) bond motifs is 1. The maximum absolute atomic E-state index is 6.12. The maximum Gasteiger partial charge on any atom is 0.230 e. The fourth-order valence-corrected chi connectivity index (χ4v) is 3.33. The molecule has 7 nitrogen and oxygen atoms in total. The van der Waals surface area contributed by atoms with Crippen molar-refractivity contribution in [2.75, 3.05) is 18.5 Å². The predicted octanol–water partition coefficient (Wildman–Crippen LogP) is 4.33. The second kappa shape index (κ2) is 6.95. The van der Waals surface area contributed by atoms with E-state index in [2.05, 4.69) is 41.2 Å². The van der Waals surface area contributed by atoms with E-state index < -0.39 is 0 Å². The highest BCUT2D eigenvalue weighted by molar-refractivity contribution is 9.10. The van der Waals surface area contributed by atoms with Gasteiger partial charge in [0, 0.05) is 18.8 Å². The summed E-state index contributed by atoms with van der Waals surface area (Å²) in [4.78, 5) is 15.9. The van der Waals surface area contributed by atoms with Gasteiger partial charge >= 0.3 is 0 Å². The number of pyridine rings is 2. The molecule has 1 aliphatic heterocycles. The van der Waals surface area contributed by atoms with Crippen molar-refractivity contribution in [3.63, 3.8) is 0 Å². The van der Waals surface area contributed by atoms with Gasteiger partial charge in [0.25, 0.3) is 0 Å². The van der Waals surface area contributed by atoms with Gasteiger partial charge in [0.2, 0.25) is 11.8 Å². The maximum atomic E-state index is 6.12. The first-order valence-corrected chi connectivity index (χ1v) is 9.02. The van der Waals surface area contributed by atoms with Crippen molar-refractivity contribution < 1.29 is 9.47 Å².